The Balaban J connectivity index is 1.61. The van der Waals surface area contributed by atoms with E-state index in [-0.39, 0.29) is 17.8 Å². The Kier molecular flexibility index (Phi) is 6.36. The predicted octanol–water partition coefficient (Wildman–Crippen LogP) is 4.33. The van der Waals surface area contributed by atoms with E-state index in [1.165, 1.54) is 12.1 Å². The van der Waals surface area contributed by atoms with E-state index in [2.05, 4.69) is 15.0 Å². The molecule has 12 heteroatoms. The van der Waals surface area contributed by atoms with E-state index in [4.69, 9.17) is 12.2 Å². The second kappa shape index (κ2) is 9.64. The van der Waals surface area contributed by atoms with Crippen molar-refractivity contribution in [1.29, 1.82) is 0 Å². The largest absolute Gasteiger partial charge is 0.351 e. The summed E-state index contributed by atoms with van der Waals surface area (Å²) in [5, 5.41) is 15.3. The maximum absolute atomic E-state index is 11.6. The Bertz CT molecular complexity index is 1570. The van der Waals surface area contributed by atoms with Gasteiger partial charge < -0.3 is 14.8 Å². The zero-order valence-corrected chi connectivity index (χ0v) is 21.2. The molecule has 2 atom stereocenters. The van der Waals surface area contributed by atoms with Gasteiger partial charge in [0.2, 0.25) is 10.0 Å². The zero-order valence-electron chi connectivity index (χ0n) is 19.6. The Hall–Kier alpha value is -4.29. The topological polar surface area (TPSA) is 122 Å². The number of hydrogen-bond donors (Lipinski definition) is 2. The number of pyridine rings is 1. The van der Waals surface area contributed by atoms with Gasteiger partial charge in [-0.2, -0.15) is 0 Å². The highest BCUT2D eigenvalue weighted by Crippen LogP contribution is 2.42. The molecular formula is C25H22N6O4S2. The smallest absolute Gasteiger partial charge is 0.271 e. The van der Waals surface area contributed by atoms with Crippen molar-refractivity contribution in [2.45, 2.75) is 12.1 Å². The van der Waals surface area contributed by atoms with Crippen molar-refractivity contribution in [2.24, 2.45) is 0 Å². The van der Waals surface area contributed by atoms with E-state index < -0.39 is 14.9 Å². The summed E-state index contributed by atoms with van der Waals surface area (Å²) in [6.07, 6.45) is 4.66. The van der Waals surface area contributed by atoms with Crippen LogP contribution in [0.2, 0.25) is 0 Å². The Morgan fingerprint density at radius 3 is 2.49 bits per heavy atom. The Morgan fingerprint density at radius 2 is 1.81 bits per heavy atom. The van der Waals surface area contributed by atoms with Gasteiger partial charge in [0.15, 0.2) is 5.11 Å². The lowest BCUT2D eigenvalue weighted by Gasteiger charge is -2.29. The lowest BCUT2D eigenvalue weighted by Crippen LogP contribution is -2.30. The lowest BCUT2D eigenvalue weighted by molar-refractivity contribution is -0.384. The van der Waals surface area contributed by atoms with Crippen LogP contribution < -0.4 is 14.9 Å². The van der Waals surface area contributed by atoms with Gasteiger partial charge in [0.1, 0.15) is 6.04 Å². The highest BCUT2D eigenvalue weighted by atomic mass is 32.2. The number of anilines is 2. The number of nitro groups is 1. The SMILES string of the molecule is CS(=O)(=O)Nc1ccc(N2C(=S)NC(c3ccccn3)C2c2cccn2-c2cccc([N+](=O)[O-])c2)cc1. The van der Waals surface area contributed by atoms with E-state index in [0.717, 1.165) is 23.3 Å². The van der Waals surface area contributed by atoms with Gasteiger partial charge in [0.05, 0.1) is 28.6 Å². The standard InChI is InChI=1S/C25H22N6O4S2/c1-37(34,35)28-17-10-12-18(13-11-17)30-24(23(27-25(30)36)21-8-2-3-14-26-21)22-9-5-15-29(22)19-6-4-7-20(16-19)31(32)33/h2-16,23-24,28H,1H3,(H,27,36). The van der Waals surface area contributed by atoms with Crippen molar-refractivity contribution in [3.05, 3.63) is 113 Å². The molecule has 2 N–H and O–H groups in total. The third kappa shape index (κ3) is 5.01. The van der Waals surface area contributed by atoms with Crippen LogP contribution in [0.4, 0.5) is 17.1 Å². The van der Waals surface area contributed by atoms with E-state index in [1.54, 1.807) is 36.5 Å². The third-order valence-electron chi connectivity index (χ3n) is 5.95. The molecule has 2 unspecified atom stereocenters. The molecule has 0 bridgehead atoms. The number of nitrogens with one attached hydrogen (secondary N) is 2. The van der Waals surface area contributed by atoms with Crippen LogP contribution in [0.5, 0.6) is 0 Å². The molecule has 1 aliphatic rings. The van der Waals surface area contributed by atoms with Crippen LogP contribution >= 0.6 is 12.2 Å². The molecule has 1 fully saturated rings. The van der Waals surface area contributed by atoms with Gasteiger partial charge in [-0.05, 0) is 66.8 Å². The fourth-order valence-corrected chi connectivity index (χ4v) is 5.37. The molecule has 10 nitrogen and oxygen atoms in total. The number of aromatic nitrogens is 2. The molecule has 0 spiro atoms. The van der Waals surface area contributed by atoms with E-state index >= 15 is 0 Å². The van der Waals surface area contributed by atoms with Crippen molar-refractivity contribution in [3.8, 4) is 5.69 Å². The molecule has 37 heavy (non-hydrogen) atoms. The monoisotopic (exact) mass is 534 g/mol. The summed E-state index contributed by atoms with van der Waals surface area (Å²) in [5.41, 5.74) is 3.42. The third-order valence-corrected chi connectivity index (χ3v) is 6.87. The molecule has 0 amide bonds. The summed E-state index contributed by atoms with van der Waals surface area (Å²) >= 11 is 5.76. The van der Waals surface area contributed by atoms with Crippen LogP contribution in [-0.4, -0.2) is 34.3 Å². The molecular weight excluding hydrogens is 512 g/mol. The normalized spacial score (nSPS) is 17.4. The van der Waals surface area contributed by atoms with Gasteiger partial charge in [-0.3, -0.25) is 19.8 Å². The maximum atomic E-state index is 11.6. The Labute approximate surface area is 218 Å². The molecule has 4 aromatic rings. The van der Waals surface area contributed by atoms with Gasteiger partial charge in [-0.1, -0.05) is 12.1 Å². The van der Waals surface area contributed by atoms with Gasteiger partial charge in [0.25, 0.3) is 5.69 Å². The van der Waals surface area contributed by atoms with Gasteiger partial charge >= 0.3 is 0 Å². The van der Waals surface area contributed by atoms with Gasteiger partial charge in [0, 0.05) is 41.6 Å². The lowest BCUT2D eigenvalue weighted by atomic mass is 10.0. The molecule has 0 radical (unpaired) electrons. The highest BCUT2D eigenvalue weighted by Gasteiger charge is 2.42. The van der Waals surface area contributed by atoms with Crippen LogP contribution in [0.15, 0.2) is 91.3 Å². The fraction of sp³-hybridized carbons (Fsp3) is 0.120. The molecule has 2 aromatic heterocycles. The number of non-ortho nitro benzene ring substituents is 1. The summed E-state index contributed by atoms with van der Waals surface area (Å²) in [7, 11) is -3.42. The summed E-state index contributed by atoms with van der Waals surface area (Å²) in [5.74, 6) is 0. The summed E-state index contributed by atoms with van der Waals surface area (Å²) in [6, 6.07) is 22.1. The second-order valence-electron chi connectivity index (χ2n) is 8.50. The first-order valence-corrected chi connectivity index (χ1v) is 13.5. The number of nitrogens with zero attached hydrogens (tertiary/aromatic N) is 4. The minimum Gasteiger partial charge on any atom is -0.351 e. The molecule has 3 heterocycles. The van der Waals surface area contributed by atoms with Crippen LogP contribution in [0.1, 0.15) is 23.5 Å². The van der Waals surface area contributed by atoms with Gasteiger partial charge in [-0.15, -0.1) is 0 Å². The molecule has 5 rings (SSSR count). The minimum atomic E-state index is -3.42. The number of hydrogen-bond acceptors (Lipinski definition) is 6. The average molecular weight is 535 g/mol. The molecule has 0 saturated carbocycles. The fourth-order valence-electron chi connectivity index (χ4n) is 4.46. The number of nitro benzene ring substituents is 1. The molecule has 0 aliphatic carbocycles. The number of rotatable bonds is 7. The first-order valence-electron chi connectivity index (χ1n) is 11.2. The quantitative estimate of drug-likeness (QED) is 0.204. The molecule has 2 aromatic carbocycles. The average Bonchev–Trinajstić information content (AvgIpc) is 3.48. The van der Waals surface area contributed by atoms with Crippen molar-refractivity contribution in [2.75, 3.05) is 15.9 Å². The first-order chi connectivity index (χ1) is 17.7. The maximum Gasteiger partial charge on any atom is 0.271 e. The molecule has 188 valence electrons. The van der Waals surface area contributed by atoms with E-state index in [0.29, 0.717) is 16.5 Å². The Morgan fingerprint density at radius 1 is 1.03 bits per heavy atom. The second-order valence-corrected chi connectivity index (χ2v) is 10.6. The van der Waals surface area contributed by atoms with Crippen LogP contribution in [0.3, 0.4) is 0 Å². The first kappa shape index (κ1) is 24.4. The number of benzene rings is 2. The van der Waals surface area contributed by atoms with Crippen molar-refractivity contribution >= 4 is 44.4 Å². The van der Waals surface area contributed by atoms with Crippen LogP contribution in [0.25, 0.3) is 5.69 Å². The summed E-state index contributed by atoms with van der Waals surface area (Å²) in [6.45, 7) is 0. The summed E-state index contributed by atoms with van der Waals surface area (Å²) < 4.78 is 27.6. The van der Waals surface area contributed by atoms with Gasteiger partial charge in [-0.25, -0.2) is 8.42 Å². The molecule has 1 saturated heterocycles. The highest BCUT2D eigenvalue weighted by molar-refractivity contribution is 7.92. The number of sulfonamides is 1. The minimum absolute atomic E-state index is 0.00989. The number of thiocarbonyl (C=S) groups is 1. The molecule has 1 aliphatic heterocycles. The van der Waals surface area contributed by atoms with Crippen molar-refractivity contribution in [3.63, 3.8) is 0 Å². The van der Waals surface area contributed by atoms with E-state index in [1.807, 2.05) is 52.1 Å². The zero-order chi connectivity index (χ0) is 26.2. The van der Waals surface area contributed by atoms with Crippen molar-refractivity contribution in [1.82, 2.24) is 14.9 Å². The van der Waals surface area contributed by atoms with Crippen LogP contribution in [0, 0.1) is 10.1 Å². The summed E-state index contributed by atoms with van der Waals surface area (Å²) in [4.78, 5) is 17.5. The van der Waals surface area contributed by atoms with Crippen LogP contribution in [-0.2, 0) is 10.0 Å². The van der Waals surface area contributed by atoms with E-state index in [9.17, 15) is 18.5 Å². The predicted molar refractivity (Wildman–Crippen MR) is 145 cm³/mol. The van der Waals surface area contributed by atoms with Crippen molar-refractivity contribution < 1.29 is 13.3 Å².